The Bertz CT molecular complexity index is 657. The predicted octanol–water partition coefficient (Wildman–Crippen LogP) is 3.32. The normalized spacial score (nSPS) is 16.0. The summed E-state index contributed by atoms with van der Waals surface area (Å²) in [5, 5.41) is 14.0. The van der Waals surface area contributed by atoms with Gasteiger partial charge in [0.1, 0.15) is 5.56 Å². The van der Waals surface area contributed by atoms with Crippen LogP contribution in [0.25, 0.3) is 5.82 Å². The third kappa shape index (κ3) is 2.82. The van der Waals surface area contributed by atoms with Gasteiger partial charge in [-0.3, -0.25) is 0 Å². The highest BCUT2D eigenvalue weighted by Crippen LogP contribution is 2.33. The van der Waals surface area contributed by atoms with E-state index in [-0.39, 0.29) is 5.92 Å². The van der Waals surface area contributed by atoms with Crippen LogP contribution in [0.3, 0.4) is 0 Å². The summed E-state index contributed by atoms with van der Waals surface area (Å²) in [6.07, 6.45) is 8.90. The van der Waals surface area contributed by atoms with Crippen molar-refractivity contribution in [2.45, 2.75) is 44.9 Å². The second kappa shape index (κ2) is 5.68. The molecule has 0 radical (unpaired) electrons. The Morgan fingerprint density at radius 2 is 2.10 bits per heavy atom. The van der Waals surface area contributed by atoms with E-state index in [1.165, 1.54) is 6.42 Å². The first-order valence-corrected chi connectivity index (χ1v) is 7.41. The standard InChI is InChI=1S/C16H19N3O2/c1-11-7-8-17-14(9-11)19-10-13(16(20)21)15(18-19)12-5-3-2-4-6-12/h7-10,12H,2-6H2,1H3,(H,20,21). The minimum absolute atomic E-state index is 0.260. The van der Waals surface area contributed by atoms with Gasteiger partial charge >= 0.3 is 5.97 Å². The van der Waals surface area contributed by atoms with Crippen LogP contribution in [0, 0.1) is 6.92 Å². The molecule has 1 aliphatic rings. The second-order valence-corrected chi connectivity index (χ2v) is 5.70. The highest BCUT2D eigenvalue weighted by atomic mass is 16.4. The van der Waals surface area contributed by atoms with Gasteiger partial charge in [-0.15, -0.1) is 0 Å². The average molecular weight is 285 g/mol. The molecule has 0 aromatic carbocycles. The van der Waals surface area contributed by atoms with Crippen molar-refractivity contribution in [2.24, 2.45) is 0 Å². The van der Waals surface area contributed by atoms with E-state index in [4.69, 9.17) is 0 Å². The molecule has 21 heavy (non-hydrogen) atoms. The Morgan fingerprint density at radius 3 is 2.76 bits per heavy atom. The second-order valence-electron chi connectivity index (χ2n) is 5.70. The van der Waals surface area contributed by atoms with E-state index >= 15 is 0 Å². The van der Waals surface area contributed by atoms with E-state index in [1.807, 2.05) is 19.1 Å². The van der Waals surface area contributed by atoms with Crippen LogP contribution in [-0.4, -0.2) is 25.8 Å². The Balaban J connectivity index is 2.01. The van der Waals surface area contributed by atoms with Gasteiger partial charge in [-0.05, 0) is 37.5 Å². The van der Waals surface area contributed by atoms with Crippen LogP contribution in [-0.2, 0) is 0 Å². The van der Waals surface area contributed by atoms with Gasteiger partial charge in [0, 0.05) is 18.3 Å². The van der Waals surface area contributed by atoms with Crippen LogP contribution in [0.15, 0.2) is 24.5 Å². The largest absolute Gasteiger partial charge is 0.478 e. The number of carboxylic acids is 1. The lowest BCUT2D eigenvalue weighted by atomic mass is 9.85. The first kappa shape index (κ1) is 13.8. The lowest BCUT2D eigenvalue weighted by Crippen LogP contribution is -2.10. The van der Waals surface area contributed by atoms with Crippen LogP contribution in [0.5, 0.6) is 0 Å². The van der Waals surface area contributed by atoms with E-state index in [0.717, 1.165) is 31.2 Å². The van der Waals surface area contributed by atoms with Crippen molar-refractivity contribution in [3.05, 3.63) is 41.3 Å². The number of aromatic nitrogens is 3. The minimum atomic E-state index is -0.908. The average Bonchev–Trinajstić information content (AvgIpc) is 2.93. The van der Waals surface area contributed by atoms with Gasteiger partial charge in [0.2, 0.25) is 0 Å². The van der Waals surface area contributed by atoms with Crippen LogP contribution in [0.2, 0.25) is 0 Å². The van der Waals surface area contributed by atoms with Crippen molar-refractivity contribution < 1.29 is 9.90 Å². The molecule has 5 nitrogen and oxygen atoms in total. The molecule has 2 heterocycles. The summed E-state index contributed by atoms with van der Waals surface area (Å²) < 4.78 is 1.60. The number of pyridine rings is 1. The quantitative estimate of drug-likeness (QED) is 0.939. The number of aromatic carboxylic acids is 1. The van der Waals surface area contributed by atoms with Crippen molar-refractivity contribution in [3.63, 3.8) is 0 Å². The van der Waals surface area contributed by atoms with E-state index in [1.54, 1.807) is 17.1 Å². The maximum Gasteiger partial charge on any atom is 0.339 e. The molecule has 2 aromatic heterocycles. The first-order chi connectivity index (χ1) is 10.1. The number of hydrogen-bond acceptors (Lipinski definition) is 3. The summed E-state index contributed by atoms with van der Waals surface area (Å²) >= 11 is 0. The topological polar surface area (TPSA) is 68.0 Å². The highest BCUT2D eigenvalue weighted by molar-refractivity contribution is 5.89. The first-order valence-electron chi connectivity index (χ1n) is 7.41. The van der Waals surface area contributed by atoms with Gasteiger partial charge in [0.15, 0.2) is 5.82 Å². The SMILES string of the molecule is Cc1ccnc(-n2cc(C(=O)O)c(C3CCCCC3)n2)c1. The van der Waals surface area contributed by atoms with Crippen molar-refractivity contribution in [1.29, 1.82) is 0 Å². The van der Waals surface area contributed by atoms with E-state index in [2.05, 4.69) is 10.1 Å². The highest BCUT2D eigenvalue weighted by Gasteiger charge is 2.25. The van der Waals surface area contributed by atoms with Crippen LogP contribution < -0.4 is 0 Å². The lowest BCUT2D eigenvalue weighted by Gasteiger charge is -2.20. The number of rotatable bonds is 3. The monoisotopic (exact) mass is 285 g/mol. The molecule has 1 N–H and O–H groups in total. The number of carbonyl (C=O) groups is 1. The fourth-order valence-electron chi connectivity index (χ4n) is 2.99. The van der Waals surface area contributed by atoms with E-state index in [0.29, 0.717) is 17.1 Å². The van der Waals surface area contributed by atoms with Crippen LogP contribution >= 0.6 is 0 Å². The van der Waals surface area contributed by atoms with Gasteiger partial charge < -0.3 is 5.11 Å². The maximum atomic E-state index is 11.5. The molecule has 110 valence electrons. The van der Waals surface area contributed by atoms with Crippen LogP contribution in [0.4, 0.5) is 0 Å². The van der Waals surface area contributed by atoms with Gasteiger partial charge in [0.25, 0.3) is 0 Å². The molecule has 1 saturated carbocycles. The molecule has 0 saturated heterocycles. The minimum Gasteiger partial charge on any atom is -0.478 e. The number of hydrogen-bond donors (Lipinski definition) is 1. The smallest absolute Gasteiger partial charge is 0.339 e. The molecule has 3 rings (SSSR count). The molecule has 1 aliphatic carbocycles. The summed E-state index contributed by atoms with van der Waals surface area (Å²) in [5.41, 5.74) is 2.10. The fraction of sp³-hybridized carbons (Fsp3) is 0.438. The third-order valence-electron chi connectivity index (χ3n) is 4.10. The Morgan fingerprint density at radius 1 is 1.33 bits per heavy atom. The zero-order valence-electron chi connectivity index (χ0n) is 12.1. The summed E-state index contributed by atoms with van der Waals surface area (Å²) in [5.74, 6) is 0.0185. The van der Waals surface area contributed by atoms with Gasteiger partial charge in [-0.1, -0.05) is 19.3 Å². The molecule has 2 aromatic rings. The van der Waals surface area contributed by atoms with Gasteiger partial charge in [-0.25, -0.2) is 14.5 Å². The molecular formula is C16H19N3O2. The molecular weight excluding hydrogens is 266 g/mol. The summed E-state index contributed by atoms with van der Waals surface area (Å²) in [6.45, 7) is 1.98. The molecule has 0 amide bonds. The van der Waals surface area contributed by atoms with Crippen molar-refractivity contribution in [3.8, 4) is 5.82 Å². The number of carboxylic acid groups (broad SMARTS) is 1. The molecule has 0 bridgehead atoms. The molecule has 0 atom stereocenters. The zero-order chi connectivity index (χ0) is 14.8. The summed E-state index contributed by atoms with van der Waals surface area (Å²) in [6, 6.07) is 3.82. The molecule has 1 fully saturated rings. The van der Waals surface area contributed by atoms with Gasteiger partial charge in [-0.2, -0.15) is 5.10 Å². The van der Waals surface area contributed by atoms with Crippen molar-refractivity contribution in [1.82, 2.24) is 14.8 Å². The number of aryl methyl sites for hydroxylation is 1. The summed E-state index contributed by atoms with van der Waals surface area (Å²) in [4.78, 5) is 15.8. The zero-order valence-corrected chi connectivity index (χ0v) is 12.1. The van der Waals surface area contributed by atoms with E-state index < -0.39 is 5.97 Å². The van der Waals surface area contributed by atoms with Crippen LogP contribution in [0.1, 0.15) is 59.6 Å². The predicted molar refractivity (Wildman–Crippen MR) is 78.9 cm³/mol. The number of nitrogens with zero attached hydrogens (tertiary/aromatic N) is 3. The molecule has 5 heteroatoms. The molecule has 0 spiro atoms. The van der Waals surface area contributed by atoms with Crippen molar-refractivity contribution >= 4 is 5.97 Å². The maximum absolute atomic E-state index is 11.5. The Kier molecular flexibility index (Phi) is 3.73. The third-order valence-corrected chi connectivity index (χ3v) is 4.10. The molecule has 0 unspecified atom stereocenters. The van der Waals surface area contributed by atoms with Gasteiger partial charge in [0.05, 0.1) is 5.69 Å². The van der Waals surface area contributed by atoms with Crippen molar-refractivity contribution in [2.75, 3.05) is 0 Å². The van der Waals surface area contributed by atoms with E-state index in [9.17, 15) is 9.90 Å². The molecule has 0 aliphatic heterocycles. The summed E-state index contributed by atoms with van der Waals surface area (Å²) in [7, 11) is 0. The fourth-order valence-corrected chi connectivity index (χ4v) is 2.99. The Labute approximate surface area is 123 Å². The lowest BCUT2D eigenvalue weighted by molar-refractivity contribution is 0.0694. The Hall–Kier alpha value is -2.17.